The molecule has 2 rings (SSSR count). The quantitative estimate of drug-likeness (QED) is 0.912. The molecule has 0 saturated carbocycles. The van der Waals surface area contributed by atoms with Gasteiger partial charge in [-0.15, -0.1) is 11.3 Å². The van der Waals surface area contributed by atoms with Crippen LogP contribution in [0.25, 0.3) is 0 Å². The molecule has 0 aliphatic carbocycles. The van der Waals surface area contributed by atoms with Gasteiger partial charge in [-0.2, -0.15) is 0 Å². The lowest BCUT2D eigenvalue weighted by atomic mass is 9.98. The van der Waals surface area contributed by atoms with Gasteiger partial charge in [0.15, 0.2) is 0 Å². The Bertz CT molecular complexity index is 373. The van der Waals surface area contributed by atoms with Crippen LogP contribution < -0.4 is 5.32 Å². The van der Waals surface area contributed by atoms with Crippen molar-refractivity contribution in [3.05, 3.63) is 16.1 Å². The number of hydrogen-bond acceptors (Lipinski definition) is 4. The van der Waals surface area contributed by atoms with Crippen LogP contribution in [0.3, 0.4) is 0 Å². The molecular weight excluding hydrogens is 242 g/mol. The molecule has 0 unspecified atom stereocenters. The summed E-state index contributed by atoms with van der Waals surface area (Å²) in [5, 5.41) is 7.08. The highest BCUT2D eigenvalue weighted by Crippen LogP contribution is 2.25. The second-order valence-corrected chi connectivity index (χ2v) is 7.21. The molecule has 1 fully saturated rings. The van der Waals surface area contributed by atoms with Gasteiger partial charge in [-0.05, 0) is 33.0 Å². The first-order valence-corrected chi connectivity index (χ1v) is 7.70. The van der Waals surface area contributed by atoms with Crippen LogP contribution in [0.15, 0.2) is 5.38 Å². The van der Waals surface area contributed by atoms with Crippen molar-refractivity contribution in [2.75, 3.05) is 20.1 Å². The molecule has 1 saturated heterocycles. The fourth-order valence-electron chi connectivity index (χ4n) is 2.19. The van der Waals surface area contributed by atoms with E-state index in [0.717, 1.165) is 6.54 Å². The number of piperidine rings is 1. The Morgan fingerprint density at radius 1 is 1.39 bits per heavy atom. The average molecular weight is 267 g/mol. The summed E-state index contributed by atoms with van der Waals surface area (Å²) in [6.07, 6.45) is 2.51. The highest BCUT2D eigenvalue weighted by molar-refractivity contribution is 7.09. The summed E-state index contributed by atoms with van der Waals surface area (Å²) in [6.45, 7) is 10.0. The van der Waals surface area contributed by atoms with Gasteiger partial charge < -0.3 is 10.2 Å². The molecule has 102 valence electrons. The summed E-state index contributed by atoms with van der Waals surface area (Å²) in [6, 6.07) is 0.668. The molecule has 0 bridgehead atoms. The number of nitrogens with one attached hydrogen (secondary N) is 1. The Morgan fingerprint density at radius 3 is 2.61 bits per heavy atom. The van der Waals surface area contributed by atoms with Crippen LogP contribution in [0.2, 0.25) is 0 Å². The Hall–Kier alpha value is -0.450. The van der Waals surface area contributed by atoms with Crippen molar-refractivity contribution in [1.82, 2.24) is 15.2 Å². The third-order valence-corrected chi connectivity index (χ3v) is 4.80. The second kappa shape index (κ2) is 5.68. The van der Waals surface area contributed by atoms with Gasteiger partial charge in [-0.3, -0.25) is 0 Å². The van der Waals surface area contributed by atoms with E-state index in [-0.39, 0.29) is 5.41 Å². The predicted octanol–water partition coefficient (Wildman–Crippen LogP) is 2.62. The van der Waals surface area contributed by atoms with E-state index in [1.807, 2.05) is 0 Å². The zero-order valence-electron chi connectivity index (χ0n) is 12.0. The lowest BCUT2D eigenvalue weighted by Crippen LogP contribution is -2.40. The fourth-order valence-corrected chi connectivity index (χ4v) is 3.10. The van der Waals surface area contributed by atoms with Gasteiger partial charge in [0.2, 0.25) is 0 Å². The highest BCUT2D eigenvalue weighted by Gasteiger charge is 2.19. The molecule has 0 aromatic carbocycles. The summed E-state index contributed by atoms with van der Waals surface area (Å²) < 4.78 is 0. The molecule has 0 radical (unpaired) electrons. The summed E-state index contributed by atoms with van der Waals surface area (Å²) >= 11 is 1.78. The van der Waals surface area contributed by atoms with Crippen LogP contribution in [0, 0.1) is 0 Å². The Morgan fingerprint density at radius 2 is 2.06 bits per heavy atom. The molecule has 1 aliphatic heterocycles. The fraction of sp³-hybridized carbons (Fsp3) is 0.786. The van der Waals surface area contributed by atoms with Gasteiger partial charge in [-0.25, -0.2) is 4.98 Å². The second-order valence-electron chi connectivity index (χ2n) is 6.35. The van der Waals surface area contributed by atoms with Gasteiger partial charge in [0.25, 0.3) is 0 Å². The van der Waals surface area contributed by atoms with Crippen molar-refractivity contribution in [1.29, 1.82) is 0 Å². The largest absolute Gasteiger partial charge is 0.308 e. The van der Waals surface area contributed by atoms with Crippen molar-refractivity contribution in [2.24, 2.45) is 0 Å². The standard InChI is InChI=1S/C14H25N3S/c1-14(2,3)13-16-12(10-18-13)9-15-11-5-7-17(4)8-6-11/h10-11,15H,5-9H2,1-4H3. The van der Waals surface area contributed by atoms with E-state index in [4.69, 9.17) is 4.98 Å². The summed E-state index contributed by atoms with van der Waals surface area (Å²) in [5.74, 6) is 0. The average Bonchev–Trinajstić information content (AvgIpc) is 2.77. The monoisotopic (exact) mass is 267 g/mol. The first-order valence-electron chi connectivity index (χ1n) is 6.82. The molecule has 0 spiro atoms. The minimum atomic E-state index is 0.177. The van der Waals surface area contributed by atoms with Gasteiger partial charge in [0, 0.05) is 23.4 Å². The number of rotatable bonds is 3. The number of likely N-dealkylation sites (tertiary alicyclic amines) is 1. The van der Waals surface area contributed by atoms with Crippen molar-refractivity contribution < 1.29 is 0 Å². The summed E-state index contributed by atoms with van der Waals surface area (Å²) in [7, 11) is 2.20. The van der Waals surface area contributed by atoms with Gasteiger partial charge in [0.1, 0.15) is 0 Å². The van der Waals surface area contributed by atoms with Crippen LogP contribution in [-0.2, 0) is 12.0 Å². The minimum Gasteiger partial charge on any atom is -0.308 e. The van der Waals surface area contributed by atoms with Crippen LogP contribution >= 0.6 is 11.3 Å². The van der Waals surface area contributed by atoms with Crippen molar-refractivity contribution in [2.45, 2.75) is 51.6 Å². The number of hydrogen-bond donors (Lipinski definition) is 1. The first-order chi connectivity index (χ1) is 8.45. The SMILES string of the molecule is CN1CCC(NCc2csc(C(C)(C)C)n2)CC1. The van der Waals surface area contributed by atoms with Gasteiger partial charge >= 0.3 is 0 Å². The lowest BCUT2D eigenvalue weighted by molar-refractivity contribution is 0.234. The van der Waals surface area contributed by atoms with Gasteiger partial charge in [-0.1, -0.05) is 20.8 Å². The number of aromatic nitrogens is 1. The van der Waals surface area contributed by atoms with E-state index in [1.165, 1.54) is 36.6 Å². The smallest absolute Gasteiger partial charge is 0.0982 e. The van der Waals surface area contributed by atoms with E-state index in [1.54, 1.807) is 11.3 Å². The Kier molecular flexibility index (Phi) is 4.41. The lowest BCUT2D eigenvalue weighted by Gasteiger charge is -2.29. The van der Waals surface area contributed by atoms with Crippen molar-refractivity contribution in [3.63, 3.8) is 0 Å². The summed E-state index contributed by atoms with van der Waals surface area (Å²) in [4.78, 5) is 7.13. The third kappa shape index (κ3) is 3.77. The zero-order chi connectivity index (χ0) is 13.2. The van der Waals surface area contributed by atoms with E-state index in [2.05, 4.69) is 43.4 Å². The maximum atomic E-state index is 4.73. The predicted molar refractivity (Wildman–Crippen MR) is 78.2 cm³/mol. The Labute approximate surface area is 115 Å². The summed E-state index contributed by atoms with van der Waals surface area (Å²) in [5.41, 5.74) is 1.38. The maximum absolute atomic E-state index is 4.73. The minimum absolute atomic E-state index is 0.177. The molecule has 1 aliphatic rings. The van der Waals surface area contributed by atoms with Crippen molar-refractivity contribution in [3.8, 4) is 0 Å². The zero-order valence-corrected chi connectivity index (χ0v) is 12.8. The molecule has 1 aromatic rings. The molecule has 3 nitrogen and oxygen atoms in total. The maximum Gasteiger partial charge on any atom is 0.0982 e. The molecule has 4 heteroatoms. The van der Waals surface area contributed by atoms with E-state index in [0.29, 0.717) is 6.04 Å². The number of nitrogens with zero attached hydrogens (tertiary/aromatic N) is 2. The normalized spacial score (nSPS) is 19.3. The van der Waals surface area contributed by atoms with E-state index in [9.17, 15) is 0 Å². The van der Waals surface area contributed by atoms with Crippen LogP contribution in [0.1, 0.15) is 44.3 Å². The van der Waals surface area contributed by atoms with Gasteiger partial charge in [0.05, 0.1) is 10.7 Å². The van der Waals surface area contributed by atoms with Crippen LogP contribution in [-0.4, -0.2) is 36.1 Å². The van der Waals surface area contributed by atoms with Crippen LogP contribution in [0.5, 0.6) is 0 Å². The molecule has 2 heterocycles. The first kappa shape index (κ1) is 14.0. The van der Waals surface area contributed by atoms with E-state index < -0.39 is 0 Å². The molecule has 1 N–H and O–H groups in total. The van der Waals surface area contributed by atoms with Crippen molar-refractivity contribution >= 4 is 11.3 Å². The van der Waals surface area contributed by atoms with Crippen LogP contribution in [0.4, 0.5) is 0 Å². The molecule has 0 atom stereocenters. The highest BCUT2D eigenvalue weighted by atomic mass is 32.1. The molecule has 0 amide bonds. The molecule has 1 aromatic heterocycles. The Balaban J connectivity index is 1.82. The molecular formula is C14H25N3S. The number of thiazole rings is 1. The molecule has 18 heavy (non-hydrogen) atoms. The van der Waals surface area contributed by atoms with E-state index >= 15 is 0 Å². The third-order valence-electron chi connectivity index (χ3n) is 3.48. The topological polar surface area (TPSA) is 28.2 Å².